The number of hydrogen-bond donors (Lipinski definition) is 0. The molecule has 1 rings (SSSR count). The van der Waals surface area contributed by atoms with Gasteiger partial charge in [-0.15, -0.1) is 6.58 Å². The lowest BCUT2D eigenvalue weighted by molar-refractivity contribution is -0.142. The Labute approximate surface area is 169 Å². The maximum atomic E-state index is 13.7. The number of benzene rings is 1. The van der Waals surface area contributed by atoms with Crippen molar-refractivity contribution in [2.75, 3.05) is 6.61 Å². The van der Waals surface area contributed by atoms with E-state index in [1.165, 1.54) is 19.1 Å². The lowest BCUT2D eigenvalue weighted by Crippen LogP contribution is -2.29. The van der Waals surface area contributed by atoms with Crippen LogP contribution in [0.2, 0.25) is 0 Å². The Balaban J connectivity index is 3.12. The van der Waals surface area contributed by atoms with E-state index >= 15 is 0 Å². The third-order valence-corrected chi connectivity index (χ3v) is 4.29. The molecule has 0 saturated heterocycles. The summed E-state index contributed by atoms with van der Waals surface area (Å²) < 4.78 is 67.9. The number of carbonyl (C=O) groups is 1. The summed E-state index contributed by atoms with van der Waals surface area (Å²) in [4.78, 5) is 11.0. The van der Waals surface area contributed by atoms with Gasteiger partial charge in [0, 0.05) is 11.6 Å². The molecule has 0 fully saturated rings. The number of alkyl halides is 4. The molecule has 0 aliphatic rings. The fourth-order valence-electron chi connectivity index (χ4n) is 2.06. The van der Waals surface area contributed by atoms with Crippen molar-refractivity contribution in [2.45, 2.75) is 44.0 Å². The Kier molecular flexibility index (Phi) is 9.51. The van der Waals surface area contributed by atoms with Gasteiger partial charge in [0.15, 0.2) is 0 Å². The van der Waals surface area contributed by atoms with Crippen LogP contribution >= 0.6 is 15.9 Å². The van der Waals surface area contributed by atoms with Crippen molar-refractivity contribution in [3.05, 3.63) is 54.1 Å². The van der Waals surface area contributed by atoms with Gasteiger partial charge in [0.05, 0.1) is 24.9 Å². The van der Waals surface area contributed by atoms with Gasteiger partial charge < -0.3 is 14.2 Å². The fraction of sp³-hybridized carbons (Fsp3) is 0.421. The van der Waals surface area contributed by atoms with E-state index in [4.69, 9.17) is 14.2 Å². The van der Waals surface area contributed by atoms with Crippen molar-refractivity contribution in [3.63, 3.8) is 0 Å². The van der Waals surface area contributed by atoms with Crippen LogP contribution in [0.15, 0.2) is 42.7 Å². The van der Waals surface area contributed by atoms with Gasteiger partial charge in [0.1, 0.15) is 16.4 Å². The van der Waals surface area contributed by atoms with Crippen molar-refractivity contribution in [2.24, 2.45) is 0 Å². The van der Waals surface area contributed by atoms with Gasteiger partial charge in [-0.3, -0.25) is 4.79 Å². The van der Waals surface area contributed by atoms with E-state index in [0.717, 1.165) is 12.1 Å². The Hall–Kier alpha value is -2.03. The summed E-state index contributed by atoms with van der Waals surface area (Å²) >= 11 is 3.18. The van der Waals surface area contributed by atoms with Crippen LogP contribution in [-0.4, -0.2) is 29.9 Å². The quantitative estimate of drug-likeness (QED) is 0.114. The zero-order chi connectivity index (χ0) is 21.3. The van der Waals surface area contributed by atoms with E-state index < -0.39 is 34.7 Å². The summed E-state index contributed by atoms with van der Waals surface area (Å²) in [5.74, 6) is -1.25. The van der Waals surface area contributed by atoms with Crippen molar-refractivity contribution in [1.82, 2.24) is 0 Å². The third-order valence-electron chi connectivity index (χ3n) is 3.49. The van der Waals surface area contributed by atoms with Gasteiger partial charge in [-0.2, -0.15) is 13.2 Å². The summed E-state index contributed by atoms with van der Waals surface area (Å²) in [6.45, 7) is 6.68. The maximum Gasteiger partial charge on any atom is 0.415 e. The highest BCUT2D eigenvalue weighted by Gasteiger charge is 2.33. The number of rotatable bonds is 10. The van der Waals surface area contributed by atoms with E-state index in [2.05, 4.69) is 22.5 Å². The predicted octanol–water partition coefficient (Wildman–Crippen LogP) is 5.46. The minimum absolute atomic E-state index is 0.0530. The first-order chi connectivity index (χ1) is 13.1. The highest BCUT2D eigenvalue weighted by Crippen LogP contribution is 2.29. The van der Waals surface area contributed by atoms with Crippen LogP contribution in [0.5, 0.6) is 5.75 Å². The van der Waals surface area contributed by atoms with Crippen LogP contribution in [0, 0.1) is 5.82 Å². The van der Waals surface area contributed by atoms with E-state index in [1.54, 1.807) is 6.92 Å². The molecule has 0 radical (unpaired) electrons. The Morgan fingerprint density at radius 3 is 2.54 bits per heavy atom. The van der Waals surface area contributed by atoms with Crippen LogP contribution in [0.1, 0.15) is 25.8 Å². The van der Waals surface area contributed by atoms with Crippen molar-refractivity contribution < 1.29 is 36.6 Å². The van der Waals surface area contributed by atoms with Crippen LogP contribution in [0.4, 0.5) is 17.6 Å². The third kappa shape index (κ3) is 7.53. The molecule has 0 aliphatic heterocycles. The van der Waals surface area contributed by atoms with Crippen LogP contribution in [0.3, 0.4) is 0 Å². The first kappa shape index (κ1) is 24.0. The number of halogens is 5. The van der Waals surface area contributed by atoms with Crippen molar-refractivity contribution in [3.8, 4) is 5.75 Å². The molecule has 9 heteroatoms. The largest absolute Gasteiger partial charge is 0.466 e. The van der Waals surface area contributed by atoms with E-state index in [0.29, 0.717) is 11.8 Å². The SMILES string of the molecule is C=CC(Br)C(O/C=C(\CC)C(F)(F)F)Oc1cc(F)ccc1CC(=O)OCC. The minimum Gasteiger partial charge on any atom is -0.466 e. The van der Waals surface area contributed by atoms with Gasteiger partial charge in [-0.25, -0.2) is 4.39 Å². The summed E-state index contributed by atoms with van der Waals surface area (Å²) in [5, 5.41) is 0. The van der Waals surface area contributed by atoms with Crippen LogP contribution < -0.4 is 4.74 Å². The molecule has 0 aromatic heterocycles. The fourth-order valence-corrected chi connectivity index (χ4v) is 2.29. The lowest BCUT2D eigenvalue weighted by Gasteiger charge is -2.23. The Bertz CT molecular complexity index is 704. The number of hydrogen-bond acceptors (Lipinski definition) is 4. The second kappa shape index (κ2) is 11.1. The molecule has 28 heavy (non-hydrogen) atoms. The molecule has 0 bridgehead atoms. The molecule has 1 aromatic rings. The van der Waals surface area contributed by atoms with Crippen LogP contribution in [0.25, 0.3) is 0 Å². The molecule has 4 nitrogen and oxygen atoms in total. The molecule has 0 aliphatic carbocycles. The Morgan fingerprint density at radius 2 is 2.00 bits per heavy atom. The van der Waals surface area contributed by atoms with Crippen LogP contribution in [-0.2, 0) is 20.7 Å². The molecule has 156 valence electrons. The zero-order valence-corrected chi connectivity index (χ0v) is 17.0. The second-order valence-electron chi connectivity index (χ2n) is 5.53. The molecule has 0 saturated carbocycles. The molecule has 0 amide bonds. The summed E-state index contributed by atoms with van der Waals surface area (Å²) in [5.41, 5.74) is -0.594. The van der Waals surface area contributed by atoms with E-state index in [-0.39, 0.29) is 25.2 Å². The average Bonchev–Trinajstić information content (AvgIpc) is 2.61. The summed E-state index contributed by atoms with van der Waals surface area (Å²) in [7, 11) is 0. The zero-order valence-electron chi connectivity index (χ0n) is 15.4. The standard InChI is InChI=1S/C19H21BrF4O4/c1-4-13(19(22,23)24)11-27-18(15(20)5-2)28-16-10-14(21)8-7-12(16)9-17(25)26-6-3/h5,7-8,10-11,15,18H,2,4,6,9H2,1,3H3/b13-11+. The van der Waals surface area contributed by atoms with Crippen molar-refractivity contribution >= 4 is 21.9 Å². The first-order valence-corrected chi connectivity index (χ1v) is 9.32. The Morgan fingerprint density at radius 1 is 1.32 bits per heavy atom. The molecule has 0 spiro atoms. The molecule has 2 atom stereocenters. The van der Waals surface area contributed by atoms with Gasteiger partial charge in [0.25, 0.3) is 6.29 Å². The summed E-state index contributed by atoms with van der Waals surface area (Å²) in [6.07, 6.45) is -4.43. The molecule has 1 aromatic carbocycles. The topological polar surface area (TPSA) is 44.8 Å². The first-order valence-electron chi connectivity index (χ1n) is 8.41. The van der Waals surface area contributed by atoms with E-state index in [9.17, 15) is 22.4 Å². The number of allylic oxidation sites excluding steroid dienone is 1. The summed E-state index contributed by atoms with van der Waals surface area (Å²) in [6, 6.07) is 3.48. The molecular weight excluding hydrogens is 448 g/mol. The van der Waals surface area contributed by atoms with Gasteiger partial charge in [0.2, 0.25) is 0 Å². The highest BCUT2D eigenvalue weighted by atomic mass is 79.9. The van der Waals surface area contributed by atoms with Gasteiger partial charge >= 0.3 is 12.1 Å². The number of esters is 1. The molecule has 2 unspecified atom stereocenters. The van der Waals surface area contributed by atoms with Crippen molar-refractivity contribution in [1.29, 1.82) is 0 Å². The maximum absolute atomic E-state index is 13.7. The average molecular weight is 469 g/mol. The van der Waals surface area contributed by atoms with E-state index in [1.807, 2.05) is 0 Å². The smallest absolute Gasteiger partial charge is 0.415 e. The molecule has 0 heterocycles. The minimum atomic E-state index is -4.55. The number of carbonyl (C=O) groups excluding carboxylic acids is 1. The monoisotopic (exact) mass is 468 g/mol. The number of ether oxygens (including phenoxy) is 3. The van der Waals surface area contributed by atoms with Gasteiger partial charge in [-0.05, 0) is 19.4 Å². The lowest BCUT2D eigenvalue weighted by atomic mass is 10.1. The second-order valence-corrected chi connectivity index (χ2v) is 6.59. The molecular formula is C19H21BrF4O4. The molecule has 0 N–H and O–H groups in total. The van der Waals surface area contributed by atoms with Gasteiger partial charge in [-0.1, -0.05) is 35.0 Å². The predicted molar refractivity (Wildman–Crippen MR) is 99.6 cm³/mol. The highest BCUT2D eigenvalue weighted by molar-refractivity contribution is 9.09. The normalized spacial score (nSPS) is 14.2.